The van der Waals surface area contributed by atoms with E-state index in [1.807, 2.05) is 0 Å². The molecule has 0 amide bonds. The first-order valence-corrected chi connectivity index (χ1v) is 5.56. The fraction of sp³-hybridized carbons (Fsp3) is 1.00. The fourth-order valence-corrected chi connectivity index (χ4v) is 2.89. The molecule has 2 rings (SSSR count). The number of aliphatic hydroxyl groups is 1. The van der Waals surface area contributed by atoms with Gasteiger partial charge in [0.15, 0.2) is 0 Å². The maximum atomic E-state index is 9.04. The first-order valence-electron chi connectivity index (χ1n) is 5.56. The van der Waals surface area contributed by atoms with Crippen molar-refractivity contribution in [3.05, 3.63) is 0 Å². The maximum absolute atomic E-state index is 9.04. The van der Waals surface area contributed by atoms with Crippen LogP contribution in [0, 0.1) is 11.3 Å². The molecule has 0 aromatic carbocycles. The Morgan fingerprint density at radius 3 is 2.31 bits per heavy atom. The third-order valence-electron chi connectivity index (χ3n) is 3.86. The molecule has 0 unspecified atom stereocenters. The van der Waals surface area contributed by atoms with E-state index in [9.17, 15) is 0 Å². The molecule has 0 aromatic heterocycles. The maximum Gasteiger partial charge on any atom is 0.0548 e. The number of ether oxygens (including phenoxy) is 1. The SMILES string of the molecule is OCCC1(C2CCCCC2)COC1. The highest BCUT2D eigenvalue weighted by Gasteiger charge is 2.44. The van der Waals surface area contributed by atoms with Crippen molar-refractivity contribution in [1.82, 2.24) is 0 Å². The average Bonchev–Trinajstić information content (AvgIpc) is 2.13. The van der Waals surface area contributed by atoms with Crippen molar-refractivity contribution >= 4 is 0 Å². The van der Waals surface area contributed by atoms with Crippen LogP contribution in [0.1, 0.15) is 38.5 Å². The molecule has 2 aliphatic rings. The highest BCUT2D eigenvalue weighted by Crippen LogP contribution is 2.45. The monoisotopic (exact) mass is 184 g/mol. The first-order chi connectivity index (χ1) is 6.37. The molecule has 1 saturated carbocycles. The van der Waals surface area contributed by atoms with Crippen LogP contribution in [0.2, 0.25) is 0 Å². The molecule has 0 aromatic rings. The summed E-state index contributed by atoms with van der Waals surface area (Å²) in [4.78, 5) is 0. The summed E-state index contributed by atoms with van der Waals surface area (Å²) in [5, 5.41) is 9.04. The van der Waals surface area contributed by atoms with E-state index in [4.69, 9.17) is 9.84 Å². The zero-order valence-corrected chi connectivity index (χ0v) is 8.30. The van der Waals surface area contributed by atoms with Gasteiger partial charge in [-0.25, -0.2) is 0 Å². The van der Waals surface area contributed by atoms with Gasteiger partial charge in [0, 0.05) is 12.0 Å². The molecule has 1 heterocycles. The predicted molar refractivity (Wildman–Crippen MR) is 51.5 cm³/mol. The molecule has 1 N–H and O–H groups in total. The quantitative estimate of drug-likeness (QED) is 0.726. The van der Waals surface area contributed by atoms with Crippen molar-refractivity contribution in [3.63, 3.8) is 0 Å². The Bertz CT molecular complexity index is 157. The highest BCUT2D eigenvalue weighted by molar-refractivity contribution is 4.92. The van der Waals surface area contributed by atoms with Crippen LogP contribution in [0.25, 0.3) is 0 Å². The lowest BCUT2D eigenvalue weighted by Gasteiger charge is -2.48. The average molecular weight is 184 g/mol. The summed E-state index contributed by atoms with van der Waals surface area (Å²) in [6.45, 7) is 2.14. The standard InChI is InChI=1S/C11H20O2/c12-7-6-11(8-13-9-11)10-4-2-1-3-5-10/h10,12H,1-9H2. The summed E-state index contributed by atoms with van der Waals surface area (Å²) >= 11 is 0. The van der Waals surface area contributed by atoms with E-state index >= 15 is 0 Å². The summed E-state index contributed by atoms with van der Waals surface area (Å²) < 4.78 is 5.33. The van der Waals surface area contributed by atoms with Crippen molar-refractivity contribution in [2.75, 3.05) is 19.8 Å². The lowest BCUT2D eigenvalue weighted by molar-refractivity contribution is -0.161. The van der Waals surface area contributed by atoms with Gasteiger partial charge in [-0.3, -0.25) is 0 Å². The summed E-state index contributed by atoms with van der Waals surface area (Å²) in [6.07, 6.45) is 7.87. The highest BCUT2D eigenvalue weighted by atomic mass is 16.5. The van der Waals surface area contributed by atoms with E-state index in [0.29, 0.717) is 12.0 Å². The van der Waals surface area contributed by atoms with Crippen LogP contribution in [0.15, 0.2) is 0 Å². The minimum Gasteiger partial charge on any atom is -0.396 e. The summed E-state index contributed by atoms with van der Waals surface area (Å²) in [5.41, 5.74) is 0.370. The number of hydrogen-bond acceptors (Lipinski definition) is 2. The second kappa shape index (κ2) is 3.97. The van der Waals surface area contributed by atoms with Crippen molar-refractivity contribution in [2.24, 2.45) is 11.3 Å². The van der Waals surface area contributed by atoms with Crippen LogP contribution in [0.3, 0.4) is 0 Å². The zero-order chi connectivity index (χ0) is 9.15. The normalized spacial score (nSPS) is 28.4. The molecule has 0 radical (unpaired) electrons. The van der Waals surface area contributed by atoms with Crippen LogP contribution in [0.5, 0.6) is 0 Å². The van der Waals surface area contributed by atoms with Crippen molar-refractivity contribution in [3.8, 4) is 0 Å². The largest absolute Gasteiger partial charge is 0.396 e. The third kappa shape index (κ3) is 1.75. The smallest absolute Gasteiger partial charge is 0.0548 e. The topological polar surface area (TPSA) is 29.5 Å². The molecule has 0 bridgehead atoms. The first kappa shape index (κ1) is 9.47. The van der Waals surface area contributed by atoms with Crippen molar-refractivity contribution in [2.45, 2.75) is 38.5 Å². The van der Waals surface area contributed by atoms with Crippen LogP contribution in [0.4, 0.5) is 0 Å². The molecular formula is C11H20O2. The van der Waals surface area contributed by atoms with Gasteiger partial charge in [0.2, 0.25) is 0 Å². The van der Waals surface area contributed by atoms with E-state index < -0.39 is 0 Å². The van der Waals surface area contributed by atoms with Gasteiger partial charge < -0.3 is 9.84 Å². The zero-order valence-electron chi connectivity index (χ0n) is 8.30. The molecule has 2 fully saturated rings. The van der Waals surface area contributed by atoms with Gasteiger partial charge in [0.25, 0.3) is 0 Å². The Hall–Kier alpha value is -0.0800. The van der Waals surface area contributed by atoms with Crippen LogP contribution < -0.4 is 0 Å². The second-order valence-electron chi connectivity index (χ2n) is 4.66. The van der Waals surface area contributed by atoms with Gasteiger partial charge in [-0.15, -0.1) is 0 Å². The summed E-state index contributed by atoms with van der Waals surface area (Å²) in [5.74, 6) is 0.835. The molecular weight excluding hydrogens is 164 g/mol. The van der Waals surface area contributed by atoms with Crippen molar-refractivity contribution in [1.29, 1.82) is 0 Å². The van der Waals surface area contributed by atoms with Gasteiger partial charge in [0.05, 0.1) is 13.2 Å². The molecule has 1 saturated heterocycles. The fourth-order valence-electron chi connectivity index (χ4n) is 2.89. The van der Waals surface area contributed by atoms with Crippen LogP contribution >= 0.6 is 0 Å². The summed E-state index contributed by atoms with van der Waals surface area (Å²) in [6, 6.07) is 0. The molecule has 76 valence electrons. The van der Waals surface area contributed by atoms with Crippen LogP contribution in [-0.4, -0.2) is 24.9 Å². The van der Waals surface area contributed by atoms with Gasteiger partial charge in [0.1, 0.15) is 0 Å². The van der Waals surface area contributed by atoms with E-state index in [0.717, 1.165) is 25.6 Å². The summed E-state index contributed by atoms with van der Waals surface area (Å²) in [7, 11) is 0. The van der Waals surface area contributed by atoms with E-state index in [-0.39, 0.29) is 0 Å². The molecule has 1 aliphatic heterocycles. The number of hydrogen-bond donors (Lipinski definition) is 1. The van der Waals surface area contributed by atoms with Crippen LogP contribution in [-0.2, 0) is 4.74 Å². The van der Waals surface area contributed by atoms with Gasteiger partial charge in [-0.2, -0.15) is 0 Å². The number of aliphatic hydroxyl groups excluding tert-OH is 1. The molecule has 13 heavy (non-hydrogen) atoms. The van der Waals surface area contributed by atoms with Gasteiger partial charge in [-0.05, 0) is 25.2 Å². The Labute approximate surface area is 80.3 Å². The Balaban J connectivity index is 1.93. The van der Waals surface area contributed by atoms with Gasteiger partial charge in [-0.1, -0.05) is 19.3 Å². The molecule has 0 atom stereocenters. The number of rotatable bonds is 3. The molecule has 0 spiro atoms. The molecule has 2 nitrogen and oxygen atoms in total. The molecule has 2 heteroatoms. The Kier molecular flexibility index (Phi) is 2.89. The lowest BCUT2D eigenvalue weighted by atomic mass is 9.66. The minimum atomic E-state index is 0.333. The third-order valence-corrected chi connectivity index (χ3v) is 3.86. The second-order valence-corrected chi connectivity index (χ2v) is 4.66. The van der Waals surface area contributed by atoms with E-state index in [1.54, 1.807) is 0 Å². The van der Waals surface area contributed by atoms with Gasteiger partial charge >= 0.3 is 0 Å². The lowest BCUT2D eigenvalue weighted by Crippen LogP contribution is -2.49. The molecule has 1 aliphatic carbocycles. The van der Waals surface area contributed by atoms with E-state index in [1.165, 1.54) is 32.1 Å². The Morgan fingerprint density at radius 1 is 1.15 bits per heavy atom. The predicted octanol–water partition coefficient (Wildman–Crippen LogP) is 1.97. The Morgan fingerprint density at radius 2 is 1.85 bits per heavy atom. The minimum absolute atomic E-state index is 0.333. The van der Waals surface area contributed by atoms with Crippen molar-refractivity contribution < 1.29 is 9.84 Å². The van der Waals surface area contributed by atoms with E-state index in [2.05, 4.69) is 0 Å².